The van der Waals surface area contributed by atoms with Crippen LogP contribution in [-0.2, 0) is 0 Å². The van der Waals surface area contributed by atoms with Crippen molar-refractivity contribution in [3.63, 3.8) is 0 Å². The molecule has 4 nitrogen and oxygen atoms in total. The molecule has 1 unspecified atom stereocenters. The molecule has 0 spiro atoms. The van der Waals surface area contributed by atoms with E-state index in [1.54, 1.807) is 6.33 Å². The number of hydrogen-bond donors (Lipinski definition) is 2. The summed E-state index contributed by atoms with van der Waals surface area (Å²) in [5, 5.41) is 4.46. The minimum Gasteiger partial charge on any atom is -0.340 e. The highest BCUT2D eigenvalue weighted by molar-refractivity contribution is 9.10. The summed E-state index contributed by atoms with van der Waals surface area (Å²) in [6.45, 7) is 4.40. The molecule has 1 atom stereocenters. The zero-order valence-corrected chi connectivity index (χ0v) is 15.8. The number of nitrogens with zero attached hydrogens (tertiary/aromatic N) is 2. The minimum absolute atomic E-state index is 0.536. The molecule has 4 rings (SSSR count). The van der Waals surface area contributed by atoms with E-state index in [2.05, 4.69) is 80.4 Å². The number of allylic oxidation sites excluding steroid dienone is 3. The third-order valence-electron chi connectivity index (χ3n) is 4.35. The van der Waals surface area contributed by atoms with Gasteiger partial charge in [-0.1, -0.05) is 46.6 Å². The zero-order valence-electron chi connectivity index (χ0n) is 14.2. The van der Waals surface area contributed by atoms with Crippen LogP contribution in [0.3, 0.4) is 0 Å². The van der Waals surface area contributed by atoms with Crippen LogP contribution in [0.2, 0.25) is 0 Å². The lowest BCUT2D eigenvalue weighted by Crippen LogP contribution is -2.07. The van der Waals surface area contributed by atoms with Crippen molar-refractivity contribution >= 4 is 32.8 Å². The summed E-state index contributed by atoms with van der Waals surface area (Å²) in [6, 6.07) is 10.3. The molecule has 1 aromatic carbocycles. The molecule has 0 amide bonds. The summed E-state index contributed by atoms with van der Waals surface area (Å²) in [7, 11) is 0. The summed E-state index contributed by atoms with van der Waals surface area (Å²) in [5.41, 5.74) is 5.47. The fourth-order valence-corrected chi connectivity index (χ4v) is 3.55. The number of halogens is 1. The van der Waals surface area contributed by atoms with Crippen LogP contribution in [0.4, 0.5) is 5.82 Å². The second kappa shape index (κ2) is 6.48. The van der Waals surface area contributed by atoms with Gasteiger partial charge in [0.2, 0.25) is 0 Å². The molecule has 2 N–H and O–H groups in total. The normalized spacial score (nSPS) is 17.3. The fourth-order valence-electron chi connectivity index (χ4n) is 3.28. The lowest BCUT2D eigenvalue weighted by Gasteiger charge is -2.17. The third-order valence-corrected chi connectivity index (χ3v) is 4.88. The molecule has 0 fully saturated rings. The number of benzene rings is 1. The Labute approximate surface area is 155 Å². The van der Waals surface area contributed by atoms with E-state index < -0.39 is 0 Å². The molecular formula is C20H19BrN4. The Morgan fingerprint density at radius 1 is 1.20 bits per heavy atom. The topological polar surface area (TPSA) is 53.6 Å². The molecule has 2 aromatic heterocycles. The Bertz CT molecular complexity index is 983. The van der Waals surface area contributed by atoms with E-state index in [1.807, 2.05) is 12.1 Å². The Balaban J connectivity index is 1.72. The number of aromatic amines is 1. The average molecular weight is 395 g/mol. The molecule has 0 saturated heterocycles. The number of nitrogens with one attached hydrogen (secondary N) is 2. The first kappa shape index (κ1) is 16.1. The van der Waals surface area contributed by atoms with Gasteiger partial charge in [0.25, 0.3) is 0 Å². The van der Waals surface area contributed by atoms with E-state index in [1.165, 1.54) is 5.57 Å². The summed E-state index contributed by atoms with van der Waals surface area (Å²) in [5.74, 6) is 1.36. The summed E-state index contributed by atoms with van der Waals surface area (Å²) in [6.07, 6.45) is 7.15. The summed E-state index contributed by atoms with van der Waals surface area (Å²) < 4.78 is 1.06. The molecule has 0 bridgehead atoms. The molecule has 0 aliphatic heterocycles. The highest BCUT2D eigenvalue weighted by atomic mass is 79.9. The predicted octanol–water partition coefficient (Wildman–Crippen LogP) is 5.67. The van der Waals surface area contributed by atoms with E-state index in [4.69, 9.17) is 0 Å². The maximum atomic E-state index is 4.45. The molecule has 25 heavy (non-hydrogen) atoms. The second-order valence-corrected chi connectivity index (χ2v) is 7.51. The van der Waals surface area contributed by atoms with Gasteiger partial charge in [-0.2, -0.15) is 0 Å². The van der Waals surface area contributed by atoms with Crippen LogP contribution in [0.25, 0.3) is 22.3 Å². The van der Waals surface area contributed by atoms with E-state index in [9.17, 15) is 0 Å². The third kappa shape index (κ3) is 3.37. The van der Waals surface area contributed by atoms with E-state index >= 15 is 0 Å². The quantitative estimate of drug-likeness (QED) is 0.601. The van der Waals surface area contributed by atoms with Crippen molar-refractivity contribution in [3.8, 4) is 11.3 Å². The van der Waals surface area contributed by atoms with Crippen LogP contribution >= 0.6 is 15.9 Å². The van der Waals surface area contributed by atoms with Crippen molar-refractivity contribution < 1.29 is 0 Å². The van der Waals surface area contributed by atoms with Crippen molar-refractivity contribution in [1.29, 1.82) is 0 Å². The molecule has 126 valence electrons. The van der Waals surface area contributed by atoms with Gasteiger partial charge in [0.05, 0.1) is 5.39 Å². The van der Waals surface area contributed by atoms with Gasteiger partial charge in [0.1, 0.15) is 17.8 Å². The molecule has 0 radical (unpaired) electrons. The lowest BCUT2D eigenvalue weighted by molar-refractivity contribution is 0.700. The SMILES string of the molecule is CC1=CC(Nc2ncnc3[nH]c(-c4ccc(Br)cc4)cc23)=CC(C)C1. The van der Waals surface area contributed by atoms with Gasteiger partial charge in [0.15, 0.2) is 0 Å². The number of aromatic nitrogens is 3. The first-order chi connectivity index (χ1) is 12.1. The number of anilines is 1. The first-order valence-corrected chi connectivity index (χ1v) is 9.13. The van der Waals surface area contributed by atoms with Crippen LogP contribution in [-0.4, -0.2) is 15.0 Å². The Hall–Kier alpha value is -2.40. The van der Waals surface area contributed by atoms with Gasteiger partial charge >= 0.3 is 0 Å². The van der Waals surface area contributed by atoms with Crippen LogP contribution in [0.5, 0.6) is 0 Å². The molecule has 1 aliphatic rings. The second-order valence-electron chi connectivity index (χ2n) is 6.59. The van der Waals surface area contributed by atoms with Gasteiger partial charge in [-0.3, -0.25) is 0 Å². The Morgan fingerprint density at radius 2 is 2.00 bits per heavy atom. The van der Waals surface area contributed by atoms with Gasteiger partial charge < -0.3 is 10.3 Å². The molecule has 3 aromatic rings. The molecule has 0 saturated carbocycles. The lowest BCUT2D eigenvalue weighted by atomic mass is 9.95. The number of hydrogen-bond acceptors (Lipinski definition) is 3. The zero-order chi connectivity index (χ0) is 17.4. The summed E-state index contributed by atoms with van der Waals surface area (Å²) in [4.78, 5) is 12.2. The first-order valence-electron chi connectivity index (χ1n) is 8.34. The minimum atomic E-state index is 0.536. The predicted molar refractivity (Wildman–Crippen MR) is 106 cm³/mol. The molecule has 2 heterocycles. The Kier molecular flexibility index (Phi) is 4.17. The van der Waals surface area contributed by atoms with Crippen molar-refractivity contribution in [2.45, 2.75) is 20.3 Å². The number of fused-ring (bicyclic) bond motifs is 1. The van der Waals surface area contributed by atoms with Crippen molar-refractivity contribution in [2.24, 2.45) is 5.92 Å². The van der Waals surface area contributed by atoms with Crippen LogP contribution in [0.1, 0.15) is 20.3 Å². The van der Waals surface area contributed by atoms with E-state index in [0.29, 0.717) is 5.92 Å². The summed E-state index contributed by atoms with van der Waals surface area (Å²) >= 11 is 3.47. The van der Waals surface area contributed by atoms with Crippen LogP contribution in [0.15, 0.2) is 64.6 Å². The standard InChI is InChI=1S/C20H19BrN4/c1-12-7-13(2)9-16(8-12)24-19-17-10-18(25-20(17)23-11-22-19)14-3-5-15(21)6-4-14/h3-6,8-12H,7H2,1-2H3,(H2,22,23,24,25). The maximum absolute atomic E-state index is 4.45. The fraction of sp³-hybridized carbons (Fsp3) is 0.200. The monoisotopic (exact) mass is 394 g/mol. The molecular weight excluding hydrogens is 376 g/mol. The Morgan fingerprint density at radius 3 is 2.76 bits per heavy atom. The van der Waals surface area contributed by atoms with E-state index in [-0.39, 0.29) is 0 Å². The van der Waals surface area contributed by atoms with Crippen LogP contribution in [0, 0.1) is 5.92 Å². The van der Waals surface area contributed by atoms with Gasteiger partial charge in [-0.15, -0.1) is 0 Å². The van der Waals surface area contributed by atoms with Crippen LogP contribution < -0.4 is 5.32 Å². The van der Waals surface area contributed by atoms with Gasteiger partial charge in [0, 0.05) is 15.9 Å². The van der Waals surface area contributed by atoms with Gasteiger partial charge in [-0.25, -0.2) is 9.97 Å². The van der Waals surface area contributed by atoms with Gasteiger partial charge in [-0.05, 0) is 49.1 Å². The average Bonchev–Trinajstić information content (AvgIpc) is 3.00. The highest BCUT2D eigenvalue weighted by Crippen LogP contribution is 2.29. The largest absolute Gasteiger partial charge is 0.340 e. The molecule has 5 heteroatoms. The number of rotatable bonds is 3. The van der Waals surface area contributed by atoms with Crippen molar-refractivity contribution in [2.75, 3.05) is 5.32 Å². The van der Waals surface area contributed by atoms with E-state index in [0.717, 1.165) is 44.7 Å². The maximum Gasteiger partial charge on any atom is 0.143 e. The smallest absolute Gasteiger partial charge is 0.143 e. The highest BCUT2D eigenvalue weighted by Gasteiger charge is 2.13. The van der Waals surface area contributed by atoms with Crippen molar-refractivity contribution in [3.05, 3.63) is 64.6 Å². The number of H-pyrrole nitrogens is 1. The molecule has 1 aliphatic carbocycles. The van der Waals surface area contributed by atoms with Crippen molar-refractivity contribution in [1.82, 2.24) is 15.0 Å².